The number of fused-ring (bicyclic) bond motifs is 2. The molecule has 0 saturated carbocycles. The number of rotatable bonds is 10. The van der Waals surface area contributed by atoms with E-state index in [1.807, 2.05) is 54.6 Å². The maximum absolute atomic E-state index is 13.0. The first-order valence-electron chi connectivity index (χ1n) is 12.2. The molecule has 4 aromatic carbocycles. The smallest absolute Gasteiger partial charge is 0.234 e. The highest BCUT2D eigenvalue weighted by Gasteiger charge is 2.11. The van der Waals surface area contributed by atoms with Gasteiger partial charge in [0.2, 0.25) is 17.7 Å². The van der Waals surface area contributed by atoms with Crippen LogP contribution in [-0.2, 0) is 14.4 Å². The van der Waals surface area contributed by atoms with Gasteiger partial charge in [0.1, 0.15) is 5.82 Å². The van der Waals surface area contributed by atoms with E-state index in [0.717, 1.165) is 31.0 Å². The fraction of sp³-hybridized carbons (Fsp3) is 0.103. The Morgan fingerprint density at radius 2 is 1.43 bits per heavy atom. The molecular weight excluding hydrogens is 568 g/mol. The summed E-state index contributed by atoms with van der Waals surface area (Å²) in [6, 6.07) is 24.6. The van der Waals surface area contributed by atoms with Gasteiger partial charge < -0.3 is 16.0 Å². The van der Waals surface area contributed by atoms with Gasteiger partial charge in [-0.25, -0.2) is 9.37 Å². The molecule has 0 aliphatic carbocycles. The maximum atomic E-state index is 13.0. The van der Waals surface area contributed by atoms with Crippen molar-refractivity contribution in [1.82, 2.24) is 4.98 Å². The monoisotopic (exact) mass is 590 g/mol. The molecule has 3 amide bonds. The Morgan fingerprint density at radius 3 is 2.25 bits per heavy atom. The highest BCUT2D eigenvalue weighted by atomic mass is 32.2. The molecule has 0 aliphatic rings. The van der Waals surface area contributed by atoms with E-state index in [0.29, 0.717) is 11.4 Å². The Labute approximate surface area is 242 Å². The number of nitrogens with zero attached hydrogens (tertiary/aromatic N) is 1. The van der Waals surface area contributed by atoms with Crippen LogP contribution in [0.5, 0.6) is 0 Å². The lowest BCUT2D eigenvalue weighted by Gasteiger charge is -2.09. The van der Waals surface area contributed by atoms with Crippen LogP contribution in [0.25, 0.3) is 21.0 Å². The summed E-state index contributed by atoms with van der Waals surface area (Å²) in [5.41, 5.74) is 2.67. The summed E-state index contributed by atoms with van der Waals surface area (Å²) < 4.78 is 14.6. The molecular formula is C29H23FN4O3S3. The van der Waals surface area contributed by atoms with Crippen molar-refractivity contribution in [2.24, 2.45) is 0 Å². The van der Waals surface area contributed by atoms with Gasteiger partial charge in [-0.2, -0.15) is 0 Å². The minimum Gasteiger partial charge on any atom is -0.325 e. The van der Waals surface area contributed by atoms with Gasteiger partial charge in [0.05, 0.1) is 27.5 Å². The molecule has 0 spiro atoms. The maximum Gasteiger partial charge on any atom is 0.234 e. The van der Waals surface area contributed by atoms with Crippen LogP contribution in [0.4, 0.5) is 21.5 Å². The largest absolute Gasteiger partial charge is 0.325 e. The summed E-state index contributed by atoms with van der Waals surface area (Å²) in [5, 5.41) is 10.5. The molecule has 0 radical (unpaired) electrons. The lowest BCUT2D eigenvalue weighted by Crippen LogP contribution is -2.18. The Hall–Kier alpha value is -3.93. The van der Waals surface area contributed by atoms with Gasteiger partial charge in [-0.15, -0.1) is 23.1 Å². The van der Waals surface area contributed by atoms with E-state index in [2.05, 4.69) is 20.9 Å². The molecule has 0 aliphatic heterocycles. The molecule has 7 nitrogen and oxygen atoms in total. The molecule has 11 heteroatoms. The number of hydrogen-bond donors (Lipinski definition) is 3. The minimum atomic E-state index is -0.365. The average molecular weight is 591 g/mol. The first-order valence-corrected chi connectivity index (χ1v) is 15.1. The Bertz CT molecular complexity index is 1690. The number of nitrogens with one attached hydrogen (secondary N) is 3. The minimum absolute atomic E-state index is 0.133. The van der Waals surface area contributed by atoms with Crippen molar-refractivity contribution in [2.75, 3.05) is 33.2 Å². The van der Waals surface area contributed by atoms with E-state index in [1.165, 1.54) is 59.1 Å². The number of carbonyl (C=O) groups is 3. The third-order valence-corrected chi connectivity index (χ3v) is 8.73. The summed E-state index contributed by atoms with van der Waals surface area (Å²) in [5.74, 6) is -0.515. The van der Waals surface area contributed by atoms with Gasteiger partial charge in [-0.3, -0.25) is 14.4 Å². The number of aromatic nitrogens is 1. The van der Waals surface area contributed by atoms with E-state index in [-0.39, 0.29) is 40.8 Å². The standard InChI is InChI=1S/C29H23FN4O3S3/c30-19-8-10-20(11-9-19)31-28(37)17-39-29-34-24-13-12-21(14-25(24)40-29)32-26(35)15-38-16-27(36)33-23-7-3-5-18-4-1-2-6-22(18)23/h1-14H,15-17H2,(H,31,37)(H,32,35)(H,33,36). The van der Waals surface area contributed by atoms with E-state index in [1.54, 1.807) is 6.07 Å². The van der Waals surface area contributed by atoms with E-state index < -0.39 is 0 Å². The fourth-order valence-corrected chi connectivity index (χ4v) is 6.38. The zero-order chi connectivity index (χ0) is 27.9. The summed E-state index contributed by atoms with van der Waals surface area (Å²) in [6.07, 6.45) is 0. The van der Waals surface area contributed by atoms with Crippen molar-refractivity contribution in [2.45, 2.75) is 4.34 Å². The van der Waals surface area contributed by atoms with Crippen molar-refractivity contribution in [1.29, 1.82) is 0 Å². The highest BCUT2D eigenvalue weighted by molar-refractivity contribution is 8.01. The Kier molecular flexibility index (Phi) is 8.94. The topological polar surface area (TPSA) is 100 Å². The summed E-state index contributed by atoms with van der Waals surface area (Å²) in [7, 11) is 0. The second-order valence-electron chi connectivity index (χ2n) is 8.62. The normalized spacial score (nSPS) is 10.9. The van der Waals surface area contributed by atoms with Crippen molar-refractivity contribution in [3.8, 4) is 0 Å². The van der Waals surface area contributed by atoms with Crippen LogP contribution in [-0.4, -0.2) is 40.0 Å². The Morgan fingerprint density at radius 1 is 0.750 bits per heavy atom. The molecule has 0 atom stereocenters. The predicted molar refractivity (Wildman–Crippen MR) is 164 cm³/mol. The van der Waals surface area contributed by atoms with Crippen LogP contribution in [0.1, 0.15) is 0 Å². The van der Waals surface area contributed by atoms with E-state index >= 15 is 0 Å². The van der Waals surface area contributed by atoms with E-state index in [9.17, 15) is 18.8 Å². The van der Waals surface area contributed by atoms with Crippen LogP contribution in [0.3, 0.4) is 0 Å². The molecule has 5 aromatic rings. The van der Waals surface area contributed by atoms with Crippen LogP contribution in [0.15, 0.2) is 89.3 Å². The quantitative estimate of drug-likeness (QED) is 0.158. The van der Waals surface area contributed by atoms with Gasteiger partial charge in [0.25, 0.3) is 0 Å². The van der Waals surface area contributed by atoms with Gasteiger partial charge in [0.15, 0.2) is 4.34 Å². The van der Waals surface area contributed by atoms with E-state index in [4.69, 9.17) is 0 Å². The highest BCUT2D eigenvalue weighted by Crippen LogP contribution is 2.31. The van der Waals surface area contributed by atoms with Crippen molar-refractivity contribution in [3.63, 3.8) is 0 Å². The zero-order valence-electron chi connectivity index (χ0n) is 21.0. The molecule has 0 saturated heterocycles. The number of halogens is 1. The number of carbonyl (C=O) groups excluding carboxylic acids is 3. The van der Waals surface area contributed by atoms with Gasteiger partial charge >= 0.3 is 0 Å². The number of thiazole rings is 1. The number of thioether (sulfide) groups is 2. The number of amides is 3. The first-order chi connectivity index (χ1) is 19.4. The van der Waals surface area contributed by atoms with Crippen LogP contribution in [0, 0.1) is 5.82 Å². The summed E-state index contributed by atoms with van der Waals surface area (Å²) in [4.78, 5) is 41.6. The van der Waals surface area contributed by atoms with Crippen molar-refractivity contribution in [3.05, 3.63) is 90.7 Å². The van der Waals surface area contributed by atoms with Crippen LogP contribution < -0.4 is 16.0 Å². The lowest BCUT2D eigenvalue weighted by molar-refractivity contribution is -0.114. The molecule has 1 heterocycles. The first kappa shape index (κ1) is 27.6. The molecule has 5 rings (SSSR count). The summed E-state index contributed by atoms with van der Waals surface area (Å²) >= 11 is 3.97. The molecule has 202 valence electrons. The SMILES string of the molecule is O=C(CSCC(=O)Nc1cccc2ccccc12)Nc1ccc2nc(SCC(=O)Nc3ccc(F)cc3)sc2c1. The van der Waals surface area contributed by atoms with Crippen LogP contribution in [0.2, 0.25) is 0 Å². The van der Waals surface area contributed by atoms with Crippen molar-refractivity contribution >= 4 is 90.6 Å². The number of benzene rings is 4. The lowest BCUT2D eigenvalue weighted by atomic mass is 10.1. The molecule has 0 unspecified atom stereocenters. The molecule has 0 fully saturated rings. The molecule has 40 heavy (non-hydrogen) atoms. The predicted octanol–water partition coefficient (Wildman–Crippen LogP) is 6.63. The number of anilines is 3. The zero-order valence-corrected chi connectivity index (χ0v) is 23.4. The third-order valence-electron chi connectivity index (χ3n) is 5.64. The number of hydrogen-bond acceptors (Lipinski definition) is 7. The molecule has 3 N–H and O–H groups in total. The average Bonchev–Trinajstić information content (AvgIpc) is 3.36. The van der Waals surface area contributed by atoms with Gasteiger partial charge in [-0.05, 0) is 53.9 Å². The fourth-order valence-electron chi connectivity index (χ4n) is 3.85. The second kappa shape index (κ2) is 12.9. The Balaban J connectivity index is 1.08. The molecule has 0 bridgehead atoms. The molecule has 1 aromatic heterocycles. The van der Waals surface area contributed by atoms with Gasteiger partial charge in [-0.1, -0.05) is 48.2 Å². The van der Waals surface area contributed by atoms with Crippen LogP contribution >= 0.6 is 34.9 Å². The van der Waals surface area contributed by atoms with Gasteiger partial charge in [0, 0.05) is 22.4 Å². The summed E-state index contributed by atoms with van der Waals surface area (Å²) in [6.45, 7) is 0. The van der Waals surface area contributed by atoms with Crippen molar-refractivity contribution < 1.29 is 18.8 Å². The third kappa shape index (κ3) is 7.38. The second-order valence-corrected chi connectivity index (χ2v) is 11.9.